The van der Waals surface area contributed by atoms with E-state index in [1.807, 2.05) is 11.3 Å². The van der Waals surface area contributed by atoms with Gasteiger partial charge in [0.1, 0.15) is 0 Å². The molecular formula is C15H26N2S. The van der Waals surface area contributed by atoms with E-state index in [0.717, 1.165) is 25.4 Å². The maximum Gasteiger partial charge on any atom is 0.0354 e. The lowest BCUT2D eigenvalue weighted by atomic mass is 9.72. The van der Waals surface area contributed by atoms with Gasteiger partial charge in [-0.25, -0.2) is 0 Å². The first-order chi connectivity index (χ1) is 8.69. The molecule has 0 amide bonds. The predicted molar refractivity (Wildman–Crippen MR) is 80.1 cm³/mol. The van der Waals surface area contributed by atoms with E-state index in [1.165, 1.54) is 30.6 Å². The molecule has 2 unspecified atom stereocenters. The summed E-state index contributed by atoms with van der Waals surface area (Å²) in [5.41, 5.74) is 6.39. The van der Waals surface area contributed by atoms with Crippen molar-refractivity contribution in [2.75, 3.05) is 20.1 Å². The standard InChI is InChI=1S/C15H26N2S/c1-13-6-3-4-9-15(13,12-16)17(2)10-8-14-7-5-11-18-14/h5,7,11,13H,3-4,6,8-10,12,16H2,1-2H3. The average molecular weight is 266 g/mol. The van der Waals surface area contributed by atoms with E-state index >= 15 is 0 Å². The molecule has 1 aromatic rings. The van der Waals surface area contributed by atoms with Gasteiger partial charge in [-0.05, 0) is 43.7 Å². The maximum absolute atomic E-state index is 6.14. The summed E-state index contributed by atoms with van der Waals surface area (Å²) in [6.07, 6.45) is 6.47. The number of hydrogen-bond acceptors (Lipinski definition) is 3. The van der Waals surface area contributed by atoms with Crippen molar-refractivity contribution < 1.29 is 0 Å². The van der Waals surface area contributed by atoms with Crippen LogP contribution in [0.5, 0.6) is 0 Å². The predicted octanol–water partition coefficient (Wildman–Crippen LogP) is 3.13. The first-order valence-electron chi connectivity index (χ1n) is 7.13. The molecular weight excluding hydrogens is 240 g/mol. The lowest BCUT2D eigenvalue weighted by Gasteiger charge is -2.48. The van der Waals surface area contributed by atoms with Gasteiger partial charge < -0.3 is 5.73 Å². The first-order valence-corrected chi connectivity index (χ1v) is 8.01. The molecule has 2 rings (SSSR count). The molecule has 18 heavy (non-hydrogen) atoms. The van der Waals surface area contributed by atoms with E-state index in [0.29, 0.717) is 0 Å². The van der Waals surface area contributed by atoms with Crippen molar-refractivity contribution in [3.63, 3.8) is 0 Å². The van der Waals surface area contributed by atoms with Crippen LogP contribution >= 0.6 is 11.3 Å². The van der Waals surface area contributed by atoms with Crippen molar-refractivity contribution in [3.8, 4) is 0 Å². The molecule has 0 bridgehead atoms. The SMILES string of the molecule is CC1CCCCC1(CN)N(C)CCc1cccs1. The third kappa shape index (κ3) is 2.79. The van der Waals surface area contributed by atoms with Gasteiger partial charge in [0.05, 0.1) is 0 Å². The Hall–Kier alpha value is -0.380. The van der Waals surface area contributed by atoms with Crippen LogP contribution in [0, 0.1) is 5.92 Å². The second-order valence-electron chi connectivity index (χ2n) is 5.71. The highest BCUT2D eigenvalue weighted by Gasteiger charge is 2.40. The van der Waals surface area contributed by atoms with Gasteiger partial charge in [-0.2, -0.15) is 0 Å². The molecule has 1 aliphatic rings. The zero-order valence-corrected chi connectivity index (χ0v) is 12.5. The Labute approximate surface area is 115 Å². The Kier molecular flexibility index (Phi) is 4.82. The van der Waals surface area contributed by atoms with Crippen LogP contribution in [0.1, 0.15) is 37.5 Å². The Morgan fingerprint density at radius 2 is 2.33 bits per heavy atom. The van der Waals surface area contributed by atoms with Gasteiger partial charge in [0.25, 0.3) is 0 Å². The van der Waals surface area contributed by atoms with E-state index in [9.17, 15) is 0 Å². The summed E-state index contributed by atoms with van der Waals surface area (Å²) < 4.78 is 0. The fourth-order valence-corrected chi connectivity index (χ4v) is 4.08. The molecule has 1 saturated carbocycles. The summed E-state index contributed by atoms with van der Waals surface area (Å²) in [6, 6.07) is 4.37. The van der Waals surface area contributed by atoms with Gasteiger partial charge in [-0.15, -0.1) is 11.3 Å². The zero-order chi connectivity index (χ0) is 13.0. The largest absolute Gasteiger partial charge is 0.329 e. The highest BCUT2D eigenvalue weighted by atomic mass is 32.1. The molecule has 2 N–H and O–H groups in total. The van der Waals surface area contributed by atoms with Crippen LogP contribution in [-0.2, 0) is 6.42 Å². The Bertz CT molecular complexity index is 349. The fourth-order valence-electron chi connectivity index (χ4n) is 3.38. The van der Waals surface area contributed by atoms with Gasteiger partial charge in [-0.1, -0.05) is 25.8 Å². The van der Waals surface area contributed by atoms with Crippen LogP contribution in [-0.4, -0.2) is 30.6 Å². The number of hydrogen-bond donors (Lipinski definition) is 1. The second-order valence-corrected chi connectivity index (χ2v) is 6.74. The number of nitrogens with zero attached hydrogens (tertiary/aromatic N) is 1. The minimum absolute atomic E-state index is 0.246. The molecule has 1 fully saturated rings. The highest BCUT2D eigenvalue weighted by Crippen LogP contribution is 2.37. The smallest absolute Gasteiger partial charge is 0.0354 e. The minimum Gasteiger partial charge on any atom is -0.329 e. The van der Waals surface area contributed by atoms with Crippen LogP contribution in [0.2, 0.25) is 0 Å². The number of likely N-dealkylation sites (N-methyl/N-ethyl adjacent to an activating group) is 1. The van der Waals surface area contributed by atoms with E-state index in [2.05, 4.69) is 36.4 Å². The van der Waals surface area contributed by atoms with Crippen molar-refractivity contribution in [1.82, 2.24) is 4.90 Å². The minimum atomic E-state index is 0.246. The summed E-state index contributed by atoms with van der Waals surface area (Å²) in [5, 5.41) is 2.16. The number of rotatable bonds is 5. The number of thiophene rings is 1. The Morgan fingerprint density at radius 1 is 1.50 bits per heavy atom. The molecule has 0 spiro atoms. The third-order valence-electron chi connectivity index (χ3n) is 4.80. The molecule has 2 atom stereocenters. The summed E-state index contributed by atoms with van der Waals surface area (Å²) in [6.45, 7) is 4.31. The molecule has 1 aliphatic carbocycles. The number of nitrogens with two attached hydrogens (primary N) is 1. The first kappa shape index (κ1) is 14.0. The molecule has 0 saturated heterocycles. The lowest BCUT2D eigenvalue weighted by molar-refractivity contribution is 0.0348. The van der Waals surface area contributed by atoms with E-state index in [-0.39, 0.29) is 5.54 Å². The van der Waals surface area contributed by atoms with Gasteiger partial charge in [0.15, 0.2) is 0 Å². The van der Waals surface area contributed by atoms with Crippen molar-refractivity contribution >= 4 is 11.3 Å². The van der Waals surface area contributed by atoms with Crippen molar-refractivity contribution in [1.29, 1.82) is 0 Å². The van der Waals surface area contributed by atoms with Crippen molar-refractivity contribution in [2.45, 2.75) is 44.6 Å². The van der Waals surface area contributed by atoms with Crippen LogP contribution in [0.25, 0.3) is 0 Å². The molecule has 3 heteroatoms. The Morgan fingerprint density at radius 3 is 2.94 bits per heavy atom. The molecule has 0 aromatic carbocycles. The van der Waals surface area contributed by atoms with Crippen molar-refractivity contribution in [2.24, 2.45) is 11.7 Å². The molecule has 2 nitrogen and oxygen atoms in total. The third-order valence-corrected chi connectivity index (χ3v) is 5.74. The molecule has 0 aliphatic heterocycles. The molecule has 1 heterocycles. The summed E-state index contributed by atoms with van der Waals surface area (Å²) in [4.78, 5) is 4.02. The topological polar surface area (TPSA) is 29.3 Å². The maximum atomic E-state index is 6.14. The quantitative estimate of drug-likeness (QED) is 0.887. The average Bonchev–Trinajstić information content (AvgIpc) is 2.90. The van der Waals surface area contributed by atoms with Crippen molar-refractivity contribution in [3.05, 3.63) is 22.4 Å². The molecule has 0 radical (unpaired) electrons. The van der Waals surface area contributed by atoms with Crippen LogP contribution < -0.4 is 5.73 Å². The van der Waals surface area contributed by atoms with Gasteiger partial charge in [-0.3, -0.25) is 4.90 Å². The fraction of sp³-hybridized carbons (Fsp3) is 0.733. The van der Waals surface area contributed by atoms with Crippen LogP contribution in [0.4, 0.5) is 0 Å². The van der Waals surface area contributed by atoms with E-state index in [4.69, 9.17) is 5.73 Å². The molecule has 102 valence electrons. The summed E-state index contributed by atoms with van der Waals surface area (Å²) >= 11 is 1.86. The highest BCUT2D eigenvalue weighted by molar-refractivity contribution is 7.09. The second kappa shape index (κ2) is 6.18. The molecule has 1 aromatic heterocycles. The van der Waals surface area contributed by atoms with E-state index in [1.54, 1.807) is 0 Å². The van der Waals surface area contributed by atoms with Gasteiger partial charge in [0, 0.05) is 23.5 Å². The van der Waals surface area contributed by atoms with Crippen LogP contribution in [0.3, 0.4) is 0 Å². The summed E-state index contributed by atoms with van der Waals surface area (Å²) in [7, 11) is 2.27. The van der Waals surface area contributed by atoms with Gasteiger partial charge in [0.2, 0.25) is 0 Å². The monoisotopic (exact) mass is 266 g/mol. The lowest BCUT2D eigenvalue weighted by Crippen LogP contribution is -2.58. The van der Waals surface area contributed by atoms with E-state index < -0.39 is 0 Å². The summed E-state index contributed by atoms with van der Waals surface area (Å²) in [5.74, 6) is 0.726. The van der Waals surface area contributed by atoms with Gasteiger partial charge >= 0.3 is 0 Å². The Balaban J connectivity index is 1.98. The normalized spacial score (nSPS) is 28.8. The zero-order valence-electron chi connectivity index (χ0n) is 11.7. The van der Waals surface area contributed by atoms with Crippen LogP contribution in [0.15, 0.2) is 17.5 Å².